The summed E-state index contributed by atoms with van der Waals surface area (Å²) in [5.41, 5.74) is 1.91. The van der Waals surface area contributed by atoms with Gasteiger partial charge in [0.1, 0.15) is 5.75 Å². The minimum absolute atomic E-state index is 0. The highest BCUT2D eigenvalue weighted by Gasteiger charge is 2.32. The van der Waals surface area contributed by atoms with E-state index < -0.39 is 5.60 Å². The highest BCUT2D eigenvalue weighted by atomic mass is 79.9. The summed E-state index contributed by atoms with van der Waals surface area (Å²) >= 11 is 3.49. The van der Waals surface area contributed by atoms with Crippen LogP contribution in [0.5, 0.6) is 5.75 Å². The average Bonchev–Trinajstić information content (AvgIpc) is 2.70. The van der Waals surface area contributed by atoms with Gasteiger partial charge in [0.15, 0.2) is 0 Å². The van der Waals surface area contributed by atoms with E-state index in [1.807, 2.05) is 26.0 Å². The van der Waals surface area contributed by atoms with Crippen molar-refractivity contribution in [1.29, 1.82) is 0 Å². The van der Waals surface area contributed by atoms with Crippen molar-refractivity contribution in [3.8, 4) is 5.75 Å². The summed E-state index contributed by atoms with van der Waals surface area (Å²) in [4.78, 5) is 4.65. The van der Waals surface area contributed by atoms with E-state index in [1.165, 1.54) is 5.56 Å². The molecule has 4 nitrogen and oxygen atoms in total. The van der Waals surface area contributed by atoms with Gasteiger partial charge in [0.2, 0.25) is 0 Å². The molecule has 1 fully saturated rings. The molecule has 0 amide bonds. The Morgan fingerprint density at radius 2 is 1.61 bits per heavy atom. The number of rotatable bonds is 8. The Bertz CT molecular complexity index is 764. The largest absolute Gasteiger partial charge is 0.491 e. The zero-order valence-electron chi connectivity index (χ0n) is 18.6. The molecule has 0 spiro atoms. The first-order valence-corrected chi connectivity index (χ1v) is 11.3. The van der Waals surface area contributed by atoms with Gasteiger partial charge in [0, 0.05) is 43.4 Å². The van der Waals surface area contributed by atoms with Gasteiger partial charge in [-0.05, 0) is 75.1 Å². The molecular formula is C24H35BrCl2N2O2. The minimum atomic E-state index is -0.564. The number of benzene rings is 2. The molecule has 0 saturated carbocycles. The lowest BCUT2D eigenvalue weighted by Crippen LogP contribution is -2.45. The maximum atomic E-state index is 11.1. The zero-order valence-corrected chi connectivity index (χ0v) is 21.8. The second-order valence-corrected chi connectivity index (χ2v) is 9.37. The maximum Gasteiger partial charge on any atom is 0.119 e. The van der Waals surface area contributed by atoms with Crippen molar-refractivity contribution in [3.63, 3.8) is 0 Å². The molecule has 1 heterocycles. The van der Waals surface area contributed by atoms with E-state index in [1.54, 1.807) is 0 Å². The van der Waals surface area contributed by atoms with Crippen LogP contribution in [0.4, 0.5) is 5.69 Å². The van der Waals surface area contributed by atoms with Crippen LogP contribution in [-0.4, -0.2) is 48.4 Å². The van der Waals surface area contributed by atoms with E-state index in [0.29, 0.717) is 0 Å². The van der Waals surface area contributed by atoms with Crippen molar-refractivity contribution in [2.24, 2.45) is 0 Å². The van der Waals surface area contributed by atoms with E-state index in [-0.39, 0.29) is 30.9 Å². The van der Waals surface area contributed by atoms with Crippen molar-refractivity contribution in [2.75, 3.05) is 31.6 Å². The SMILES string of the molecule is CC(C)Oc1ccc(N(C)CCC2(O)CCN(Cc3ccc(Br)cc3)CC2)cc1.Cl.Cl. The monoisotopic (exact) mass is 532 g/mol. The number of hydrogen-bond donors (Lipinski definition) is 1. The van der Waals surface area contributed by atoms with Gasteiger partial charge < -0.3 is 14.7 Å². The van der Waals surface area contributed by atoms with Gasteiger partial charge in [-0.25, -0.2) is 0 Å². The van der Waals surface area contributed by atoms with Crippen LogP contribution in [0.3, 0.4) is 0 Å². The van der Waals surface area contributed by atoms with Crippen LogP contribution in [0, 0.1) is 0 Å². The van der Waals surface area contributed by atoms with Gasteiger partial charge in [-0.15, -0.1) is 24.8 Å². The van der Waals surface area contributed by atoms with Crippen LogP contribution in [0.1, 0.15) is 38.7 Å². The Hall–Kier alpha value is -0.980. The fourth-order valence-corrected chi connectivity index (χ4v) is 4.05. The van der Waals surface area contributed by atoms with Gasteiger partial charge >= 0.3 is 0 Å². The first kappa shape index (κ1) is 28.1. The molecule has 31 heavy (non-hydrogen) atoms. The van der Waals surface area contributed by atoms with Crippen molar-refractivity contribution in [1.82, 2.24) is 4.90 Å². The van der Waals surface area contributed by atoms with Crippen molar-refractivity contribution in [2.45, 2.75) is 51.4 Å². The van der Waals surface area contributed by atoms with E-state index in [0.717, 1.165) is 61.4 Å². The number of nitrogens with zero attached hydrogens (tertiary/aromatic N) is 2. The molecule has 2 aromatic rings. The van der Waals surface area contributed by atoms with Crippen LogP contribution in [0.2, 0.25) is 0 Å². The van der Waals surface area contributed by atoms with Crippen LogP contribution < -0.4 is 9.64 Å². The van der Waals surface area contributed by atoms with Gasteiger partial charge in [-0.1, -0.05) is 28.1 Å². The fourth-order valence-electron chi connectivity index (χ4n) is 3.78. The summed E-state index contributed by atoms with van der Waals surface area (Å²) < 4.78 is 6.82. The van der Waals surface area contributed by atoms with Crippen LogP contribution >= 0.6 is 40.7 Å². The number of halogens is 3. The Balaban J connectivity index is 0.00000240. The molecule has 0 bridgehead atoms. The van der Waals surface area contributed by atoms with E-state index in [9.17, 15) is 5.11 Å². The first-order valence-electron chi connectivity index (χ1n) is 10.5. The topological polar surface area (TPSA) is 35.9 Å². The molecule has 174 valence electrons. The molecule has 1 saturated heterocycles. The number of piperidine rings is 1. The lowest BCUT2D eigenvalue weighted by molar-refractivity contribution is -0.0275. The Morgan fingerprint density at radius 1 is 1.03 bits per heavy atom. The van der Waals surface area contributed by atoms with Gasteiger partial charge in [-0.2, -0.15) is 0 Å². The van der Waals surface area contributed by atoms with Crippen LogP contribution in [0.15, 0.2) is 53.0 Å². The Kier molecular flexibility index (Phi) is 11.7. The van der Waals surface area contributed by atoms with Crippen molar-refractivity contribution >= 4 is 46.4 Å². The summed E-state index contributed by atoms with van der Waals surface area (Å²) in [6.45, 7) is 7.74. The van der Waals surface area contributed by atoms with Crippen molar-refractivity contribution in [3.05, 3.63) is 58.6 Å². The molecule has 3 rings (SSSR count). The highest BCUT2D eigenvalue weighted by Crippen LogP contribution is 2.28. The van der Waals surface area contributed by atoms with E-state index >= 15 is 0 Å². The third-order valence-corrected chi connectivity index (χ3v) is 6.20. The summed E-state index contributed by atoms with van der Waals surface area (Å²) in [6.07, 6.45) is 2.64. The maximum absolute atomic E-state index is 11.1. The van der Waals surface area contributed by atoms with Crippen LogP contribution in [-0.2, 0) is 6.54 Å². The Morgan fingerprint density at radius 3 is 2.16 bits per heavy atom. The lowest BCUT2D eigenvalue weighted by Gasteiger charge is -2.39. The van der Waals surface area contributed by atoms with Gasteiger partial charge in [0.25, 0.3) is 0 Å². The van der Waals surface area contributed by atoms with Gasteiger partial charge in [0.05, 0.1) is 11.7 Å². The van der Waals surface area contributed by atoms with Crippen LogP contribution in [0.25, 0.3) is 0 Å². The number of ether oxygens (including phenoxy) is 1. The quantitative estimate of drug-likeness (QED) is 0.456. The molecule has 2 aromatic carbocycles. The molecule has 0 radical (unpaired) electrons. The molecule has 0 aromatic heterocycles. The highest BCUT2D eigenvalue weighted by molar-refractivity contribution is 9.10. The molecule has 0 aliphatic carbocycles. The predicted octanol–water partition coefficient (Wildman–Crippen LogP) is 5.93. The number of likely N-dealkylation sites (tertiary alicyclic amines) is 1. The summed E-state index contributed by atoms with van der Waals surface area (Å²) in [5.74, 6) is 0.897. The molecule has 7 heteroatoms. The second kappa shape index (κ2) is 12.9. The summed E-state index contributed by atoms with van der Waals surface area (Å²) in [6, 6.07) is 16.7. The fraction of sp³-hybridized carbons (Fsp3) is 0.500. The number of anilines is 1. The van der Waals surface area contributed by atoms with Gasteiger partial charge in [-0.3, -0.25) is 4.90 Å². The minimum Gasteiger partial charge on any atom is -0.491 e. The average molecular weight is 534 g/mol. The van der Waals surface area contributed by atoms with E-state index in [4.69, 9.17) is 4.74 Å². The zero-order chi connectivity index (χ0) is 20.9. The number of hydrogen-bond acceptors (Lipinski definition) is 4. The molecule has 1 aliphatic heterocycles. The third kappa shape index (κ3) is 8.82. The summed E-state index contributed by atoms with van der Waals surface area (Å²) in [7, 11) is 2.09. The molecule has 0 atom stereocenters. The predicted molar refractivity (Wildman–Crippen MR) is 138 cm³/mol. The second-order valence-electron chi connectivity index (χ2n) is 8.46. The standard InChI is InChI=1S/C24H33BrN2O2.2ClH/c1-19(2)29-23-10-8-22(9-11-23)26(3)15-12-24(28)13-16-27(17-14-24)18-20-4-6-21(25)7-5-20;;/h4-11,19,28H,12-18H2,1-3H3;2*1H. The first-order chi connectivity index (χ1) is 13.8. The smallest absolute Gasteiger partial charge is 0.119 e. The molecule has 1 aliphatic rings. The molecule has 0 unspecified atom stereocenters. The normalized spacial score (nSPS) is 15.7. The third-order valence-electron chi connectivity index (χ3n) is 5.67. The Labute approximate surface area is 207 Å². The molecular weight excluding hydrogens is 499 g/mol. The summed E-state index contributed by atoms with van der Waals surface area (Å²) in [5, 5.41) is 11.1. The number of aliphatic hydroxyl groups is 1. The molecule has 1 N–H and O–H groups in total. The van der Waals surface area contributed by atoms with Crippen molar-refractivity contribution < 1.29 is 9.84 Å². The lowest BCUT2D eigenvalue weighted by atomic mass is 9.88. The van der Waals surface area contributed by atoms with E-state index in [2.05, 4.69) is 69.2 Å².